The van der Waals surface area contributed by atoms with Crippen molar-refractivity contribution in [2.75, 3.05) is 11.4 Å². The number of carbonyl (C=O) groups excluding carboxylic acids is 1. The number of nitrogens with zero attached hydrogens (tertiary/aromatic N) is 2. The first kappa shape index (κ1) is 18.6. The third-order valence-electron chi connectivity index (χ3n) is 4.03. The molecule has 7 heteroatoms. The molecule has 0 saturated carbocycles. The first-order chi connectivity index (χ1) is 13.0. The average molecular weight is 381 g/mol. The van der Waals surface area contributed by atoms with Crippen LogP contribution in [0.3, 0.4) is 0 Å². The third kappa shape index (κ3) is 4.32. The SMILES string of the molecule is CN(c1ccccc1)S(=O)(=O)c1cccc(C(=O)NCc2ccccn2)c1. The van der Waals surface area contributed by atoms with Crippen molar-refractivity contribution in [3.05, 3.63) is 90.3 Å². The van der Waals surface area contributed by atoms with Crippen molar-refractivity contribution in [2.24, 2.45) is 0 Å². The summed E-state index contributed by atoms with van der Waals surface area (Å²) >= 11 is 0. The number of sulfonamides is 1. The van der Waals surface area contributed by atoms with E-state index >= 15 is 0 Å². The molecule has 1 heterocycles. The Morgan fingerprint density at radius 3 is 2.44 bits per heavy atom. The lowest BCUT2D eigenvalue weighted by Gasteiger charge is -2.19. The lowest BCUT2D eigenvalue weighted by molar-refractivity contribution is 0.0950. The van der Waals surface area contributed by atoms with E-state index in [4.69, 9.17) is 0 Å². The number of aromatic nitrogens is 1. The highest BCUT2D eigenvalue weighted by atomic mass is 32.2. The van der Waals surface area contributed by atoms with Crippen LogP contribution in [0.2, 0.25) is 0 Å². The van der Waals surface area contributed by atoms with E-state index in [1.54, 1.807) is 54.7 Å². The lowest BCUT2D eigenvalue weighted by Crippen LogP contribution is -2.27. The molecule has 2 aromatic carbocycles. The molecule has 1 N–H and O–H groups in total. The summed E-state index contributed by atoms with van der Waals surface area (Å²) in [5.41, 5.74) is 1.54. The van der Waals surface area contributed by atoms with E-state index in [1.807, 2.05) is 12.1 Å². The Balaban J connectivity index is 1.79. The zero-order chi connectivity index (χ0) is 19.3. The molecule has 0 aliphatic heterocycles. The van der Waals surface area contributed by atoms with Crippen molar-refractivity contribution in [1.82, 2.24) is 10.3 Å². The second kappa shape index (κ2) is 8.01. The number of carbonyl (C=O) groups is 1. The largest absolute Gasteiger partial charge is 0.346 e. The molecule has 1 aromatic heterocycles. The van der Waals surface area contributed by atoms with Crippen LogP contribution in [0.4, 0.5) is 5.69 Å². The van der Waals surface area contributed by atoms with E-state index < -0.39 is 10.0 Å². The molecule has 0 radical (unpaired) electrons. The molecule has 0 atom stereocenters. The van der Waals surface area contributed by atoms with Gasteiger partial charge in [-0.05, 0) is 42.5 Å². The van der Waals surface area contributed by atoms with E-state index in [9.17, 15) is 13.2 Å². The fourth-order valence-electron chi connectivity index (χ4n) is 2.51. The minimum absolute atomic E-state index is 0.0549. The molecule has 27 heavy (non-hydrogen) atoms. The van der Waals surface area contributed by atoms with E-state index in [2.05, 4.69) is 10.3 Å². The van der Waals surface area contributed by atoms with Gasteiger partial charge in [0, 0.05) is 18.8 Å². The van der Waals surface area contributed by atoms with E-state index in [1.165, 1.54) is 23.5 Å². The van der Waals surface area contributed by atoms with Gasteiger partial charge in [-0.15, -0.1) is 0 Å². The summed E-state index contributed by atoms with van der Waals surface area (Å²) in [6.45, 7) is 0.264. The molecule has 0 aliphatic carbocycles. The van der Waals surface area contributed by atoms with Crippen LogP contribution in [0.15, 0.2) is 83.9 Å². The Kier molecular flexibility index (Phi) is 5.52. The zero-order valence-electron chi connectivity index (χ0n) is 14.7. The number of benzene rings is 2. The fraction of sp³-hybridized carbons (Fsp3) is 0.100. The molecule has 1 amide bonds. The average Bonchev–Trinajstić information content (AvgIpc) is 2.73. The molecular weight excluding hydrogens is 362 g/mol. The molecule has 0 bridgehead atoms. The van der Waals surface area contributed by atoms with Gasteiger partial charge >= 0.3 is 0 Å². The summed E-state index contributed by atoms with van der Waals surface area (Å²) in [4.78, 5) is 16.6. The molecule has 3 aromatic rings. The first-order valence-corrected chi connectivity index (χ1v) is 9.74. The Labute approximate surface area is 158 Å². The summed E-state index contributed by atoms with van der Waals surface area (Å²) < 4.78 is 26.9. The first-order valence-electron chi connectivity index (χ1n) is 8.30. The topological polar surface area (TPSA) is 79.4 Å². The number of hydrogen-bond donors (Lipinski definition) is 1. The van der Waals surface area contributed by atoms with Crippen molar-refractivity contribution >= 4 is 21.6 Å². The standard InChI is InChI=1S/C20H19N3O3S/c1-23(18-10-3-2-4-11-18)27(25,26)19-12-7-8-16(14-19)20(24)22-15-17-9-5-6-13-21-17/h2-14H,15H2,1H3,(H,22,24). The zero-order valence-corrected chi connectivity index (χ0v) is 15.6. The van der Waals surface area contributed by atoms with Crippen LogP contribution in [-0.2, 0) is 16.6 Å². The molecule has 0 unspecified atom stereocenters. The molecule has 6 nitrogen and oxygen atoms in total. The van der Waals surface area contributed by atoms with Gasteiger partial charge in [0.15, 0.2) is 0 Å². The van der Waals surface area contributed by atoms with Crippen LogP contribution < -0.4 is 9.62 Å². The number of para-hydroxylation sites is 1. The fourth-order valence-corrected chi connectivity index (χ4v) is 3.75. The van der Waals surface area contributed by atoms with Gasteiger partial charge in [0.1, 0.15) is 0 Å². The number of hydrogen-bond acceptors (Lipinski definition) is 4. The monoisotopic (exact) mass is 381 g/mol. The highest BCUT2D eigenvalue weighted by Gasteiger charge is 2.22. The normalized spacial score (nSPS) is 11.0. The minimum atomic E-state index is -3.77. The number of anilines is 1. The summed E-state index contributed by atoms with van der Waals surface area (Å²) in [5.74, 6) is -0.361. The van der Waals surface area contributed by atoms with Crippen LogP contribution in [0, 0.1) is 0 Å². The molecular formula is C20H19N3O3S. The molecule has 3 rings (SSSR count). The van der Waals surface area contributed by atoms with Gasteiger partial charge in [0.05, 0.1) is 22.8 Å². The van der Waals surface area contributed by atoms with E-state index in [-0.39, 0.29) is 22.9 Å². The van der Waals surface area contributed by atoms with Crippen LogP contribution >= 0.6 is 0 Å². The smallest absolute Gasteiger partial charge is 0.264 e. The van der Waals surface area contributed by atoms with Crippen LogP contribution in [-0.4, -0.2) is 26.4 Å². The third-order valence-corrected chi connectivity index (χ3v) is 5.81. The highest BCUT2D eigenvalue weighted by Crippen LogP contribution is 2.22. The second-order valence-electron chi connectivity index (χ2n) is 5.84. The van der Waals surface area contributed by atoms with Gasteiger partial charge < -0.3 is 5.32 Å². The molecule has 0 fully saturated rings. The molecule has 0 saturated heterocycles. The van der Waals surface area contributed by atoms with Crippen LogP contribution in [0.5, 0.6) is 0 Å². The minimum Gasteiger partial charge on any atom is -0.346 e. The quantitative estimate of drug-likeness (QED) is 0.712. The van der Waals surface area contributed by atoms with E-state index in [0.717, 1.165) is 5.69 Å². The highest BCUT2D eigenvalue weighted by molar-refractivity contribution is 7.92. The predicted molar refractivity (Wildman–Crippen MR) is 104 cm³/mol. The summed E-state index contributed by atoms with van der Waals surface area (Å²) in [6, 6.07) is 20.2. The van der Waals surface area contributed by atoms with Gasteiger partial charge in [0.2, 0.25) is 0 Å². The van der Waals surface area contributed by atoms with Gasteiger partial charge in [-0.25, -0.2) is 8.42 Å². The van der Waals surface area contributed by atoms with Crippen molar-refractivity contribution in [2.45, 2.75) is 11.4 Å². The maximum Gasteiger partial charge on any atom is 0.264 e. The van der Waals surface area contributed by atoms with Gasteiger partial charge in [-0.1, -0.05) is 30.3 Å². The van der Waals surface area contributed by atoms with Crippen molar-refractivity contribution < 1.29 is 13.2 Å². The van der Waals surface area contributed by atoms with Crippen molar-refractivity contribution in [3.63, 3.8) is 0 Å². The molecule has 0 spiro atoms. The van der Waals surface area contributed by atoms with Gasteiger partial charge in [-0.3, -0.25) is 14.1 Å². The number of pyridine rings is 1. The Bertz CT molecular complexity index is 1020. The maximum atomic E-state index is 12.9. The lowest BCUT2D eigenvalue weighted by atomic mass is 10.2. The summed E-state index contributed by atoms with van der Waals surface area (Å²) in [6.07, 6.45) is 1.65. The van der Waals surface area contributed by atoms with E-state index in [0.29, 0.717) is 5.69 Å². The van der Waals surface area contributed by atoms with Crippen LogP contribution in [0.1, 0.15) is 16.1 Å². The Morgan fingerprint density at radius 2 is 1.74 bits per heavy atom. The molecule has 0 aliphatic rings. The Morgan fingerprint density at radius 1 is 1.00 bits per heavy atom. The van der Waals surface area contributed by atoms with Crippen LogP contribution in [0.25, 0.3) is 0 Å². The summed E-state index contributed by atoms with van der Waals surface area (Å²) in [7, 11) is -2.29. The second-order valence-corrected chi connectivity index (χ2v) is 7.81. The number of rotatable bonds is 6. The van der Waals surface area contributed by atoms with Gasteiger partial charge in [-0.2, -0.15) is 0 Å². The maximum absolute atomic E-state index is 12.9. The Hall–Kier alpha value is -3.19. The molecule has 138 valence electrons. The summed E-state index contributed by atoms with van der Waals surface area (Å²) in [5, 5.41) is 2.74. The number of amides is 1. The van der Waals surface area contributed by atoms with Crippen molar-refractivity contribution in [1.29, 1.82) is 0 Å². The number of nitrogens with one attached hydrogen (secondary N) is 1. The predicted octanol–water partition coefficient (Wildman–Crippen LogP) is 2.84. The van der Waals surface area contributed by atoms with Gasteiger partial charge in [0.25, 0.3) is 15.9 Å². The van der Waals surface area contributed by atoms with Crippen molar-refractivity contribution in [3.8, 4) is 0 Å².